The van der Waals surface area contributed by atoms with Gasteiger partial charge in [0.2, 0.25) is 20.0 Å². The van der Waals surface area contributed by atoms with Crippen molar-refractivity contribution in [2.75, 3.05) is 17.7 Å². The van der Waals surface area contributed by atoms with Crippen molar-refractivity contribution in [2.24, 2.45) is 0 Å². The lowest BCUT2D eigenvalue weighted by Gasteiger charge is -2.18. The van der Waals surface area contributed by atoms with Crippen molar-refractivity contribution in [2.45, 2.75) is 102 Å². The molecule has 6 heterocycles. The molecule has 0 unspecified atom stereocenters. The standard InChI is InChI=1S/C22H26N6O4S.C21H23FN6O3S/c1-13(2)27-12-23-26-21(27)17-7-6-8-20(24-17)25-22(29)16-10-19-15(9-18(16)32-5)11-28(14(3)4)33(19,30)31;1-12(2)27-11-23-26-20(27)17-6-5-7-19(24-17)25-21(29)15-9-18-14(8-16(15)22)10-28(13(3)4)32(18,30)31/h6-10,12-14H,11H2,1-5H3,(H,24,25,29);5-9,11-13H,10H2,1-4H3,(H,24,25,29). The number of pyridine rings is 2. The number of carbonyl (C=O) groups excluding carboxylic acids is 2. The molecule has 65 heavy (non-hydrogen) atoms. The molecule has 2 N–H and O–H groups in total. The summed E-state index contributed by atoms with van der Waals surface area (Å²) in [4.78, 5) is 34.9. The fraction of sp³-hybridized carbons (Fsp3) is 0.349. The summed E-state index contributed by atoms with van der Waals surface area (Å²) in [5.74, 6) is -0.236. The number of methoxy groups -OCH3 is 1. The normalized spacial score (nSPS) is 15.2. The van der Waals surface area contributed by atoms with Crippen molar-refractivity contribution in [1.82, 2.24) is 48.1 Å². The molecular formula is C43H49FN12O7S2. The van der Waals surface area contributed by atoms with E-state index in [2.05, 4.69) is 41.0 Å². The molecule has 0 radical (unpaired) electrons. The van der Waals surface area contributed by atoms with Gasteiger partial charge in [0.15, 0.2) is 11.6 Å². The lowest BCUT2D eigenvalue weighted by Crippen LogP contribution is -2.31. The Morgan fingerprint density at radius 2 is 1.06 bits per heavy atom. The highest BCUT2D eigenvalue weighted by Gasteiger charge is 2.39. The molecule has 22 heteroatoms. The summed E-state index contributed by atoms with van der Waals surface area (Å²) in [5, 5.41) is 21.4. The van der Waals surface area contributed by atoms with Crippen molar-refractivity contribution < 1.29 is 35.6 Å². The Morgan fingerprint density at radius 3 is 1.49 bits per heavy atom. The van der Waals surface area contributed by atoms with Crippen LogP contribution in [0.3, 0.4) is 0 Å². The number of carbonyl (C=O) groups is 2. The number of sulfonamides is 2. The third-order valence-electron chi connectivity index (χ3n) is 10.7. The average Bonchev–Trinajstić information content (AvgIpc) is 4.05. The van der Waals surface area contributed by atoms with E-state index in [0.29, 0.717) is 45.7 Å². The van der Waals surface area contributed by atoms with Crippen LogP contribution in [-0.2, 0) is 33.1 Å². The molecule has 6 aromatic rings. The van der Waals surface area contributed by atoms with E-state index >= 15 is 0 Å². The molecule has 4 aromatic heterocycles. The number of hydrogen-bond donors (Lipinski definition) is 2. The minimum absolute atomic E-state index is 0.0514. The number of hydrogen-bond acceptors (Lipinski definition) is 13. The summed E-state index contributed by atoms with van der Waals surface area (Å²) in [5.41, 5.74) is 1.72. The maximum absolute atomic E-state index is 14.7. The number of nitrogens with zero attached hydrogens (tertiary/aromatic N) is 10. The number of halogens is 1. The van der Waals surface area contributed by atoms with Crippen molar-refractivity contribution in [3.63, 3.8) is 0 Å². The summed E-state index contributed by atoms with van der Waals surface area (Å²) in [6, 6.07) is 15.1. The number of benzene rings is 2. The second kappa shape index (κ2) is 18.2. The Balaban J connectivity index is 0.000000194. The highest BCUT2D eigenvalue weighted by atomic mass is 32.2. The minimum atomic E-state index is -3.79. The van der Waals surface area contributed by atoms with Gasteiger partial charge in [-0.05, 0) is 115 Å². The summed E-state index contributed by atoms with van der Waals surface area (Å²) in [6.45, 7) is 15.4. The van der Waals surface area contributed by atoms with E-state index in [-0.39, 0.29) is 64.0 Å². The summed E-state index contributed by atoms with van der Waals surface area (Å²) < 4.78 is 77.9. The second-order valence-corrected chi connectivity index (χ2v) is 20.1. The SMILES string of the molecule is CC(C)N1Cc2cc(F)c(C(=O)Nc3cccc(-c4nncn4C(C)C)n3)cc2S1(=O)=O.COc1cc2c(cc1C(=O)Nc1cccc(-c3nncn3C(C)C)n1)S(=O)(=O)N(C(C)C)C2. The number of rotatable bonds is 11. The number of aromatic nitrogens is 8. The maximum atomic E-state index is 14.7. The molecule has 0 atom stereocenters. The summed E-state index contributed by atoms with van der Waals surface area (Å²) in [7, 11) is -6.03. The second-order valence-electron chi connectivity index (χ2n) is 16.4. The molecule has 2 amide bonds. The van der Waals surface area contributed by atoms with Crippen LogP contribution in [0.1, 0.15) is 99.3 Å². The van der Waals surface area contributed by atoms with Crippen LogP contribution in [0.4, 0.5) is 16.0 Å². The molecule has 0 bridgehead atoms. The average molecular weight is 929 g/mol. The zero-order valence-corrected chi connectivity index (χ0v) is 38.8. The van der Waals surface area contributed by atoms with Crippen LogP contribution in [0.2, 0.25) is 0 Å². The number of nitrogens with one attached hydrogen (secondary N) is 2. The van der Waals surface area contributed by atoms with Gasteiger partial charge in [0, 0.05) is 37.3 Å². The largest absolute Gasteiger partial charge is 0.496 e. The smallest absolute Gasteiger partial charge is 0.260 e. The Kier molecular flexibility index (Phi) is 13.0. The predicted molar refractivity (Wildman–Crippen MR) is 238 cm³/mol. The third kappa shape index (κ3) is 9.10. The lowest BCUT2D eigenvalue weighted by atomic mass is 10.1. The zero-order chi connectivity index (χ0) is 47.1. The van der Waals surface area contributed by atoms with Gasteiger partial charge in [0.05, 0.1) is 28.0 Å². The van der Waals surface area contributed by atoms with Gasteiger partial charge in [-0.25, -0.2) is 31.2 Å². The first kappa shape index (κ1) is 46.5. The van der Waals surface area contributed by atoms with E-state index in [4.69, 9.17) is 4.74 Å². The van der Waals surface area contributed by atoms with Crippen molar-refractivity contribution in [3.05, 3.63) is 101 Å². The van der Waals surface area contributed by atoms with Gasteiger partial charge >= 0.3 is 0 Å². The monoisotopic (exact) mass is 928 g/mol. The summed E-state index contributed by atoms with van der Waals surface area (Å²) >= 11 is 0. The lowest BCUT2D eigenvalue weighted by molar-refractivity contribution is 0.101. The van der Waals surface area contributed by atoms with E-state index in [1.807, 2.05) is 50.7 Å². The van der Waals surface area contributed by atoms with E-state index in [1.54, 1.807) is 69.0 Å². The van der Waals surface area contributed by atoms with Gasteiger partial charge in [-0.1, -0.05) is 12.1 Å². The van der Waals surface area contributed by atoms with Crippen molar-refractivity contribution in [1.29, 1.82) is 0 Å². The first-order valence-corrected chi connectivity index (χ1v) is 23.5. The number of amides is 2. The molecule has 2 aliphatic heterocycles. The van der Waals surface area contributed by atoms with Crippen LogP contribution >= 0.6 is 0 Å². The van der Waals surface area contributed by atoms with Crippen LogP contribution in [0.25, 0.3) is 23.0 Å². The van der Waals surface area contributed by atoms with Crippen molar-refractivity contribution >= 4 is 43.5 Å². The Bertz CT molecular complexity index is 3020. The van der Waals surface area contributed by atoms with Gasteiger partial charge in [-0.3, -0.25) is 9.59 Å². The quantitative estimate of drug-likeness (QED) is 0.145. The van der Waals surface area contributed by atoms with E-state index in [0.717, 1.165) is 12.1 Å². The molecule has 0 saturated carbocycles. The maximum Gasteiger partial charge on any atom is 0.260 e. The van der Waals surface area contributed by atoms with E-state index in [9.17, 15) is 30.8 Å². The highest BCUT2D eigenvalue weighted by Crippen LogP contribution is 2.37. The van der Waals surface area contributed by atoms with Crippen LogP contribution in [0.5, 0.6) is 5.75 Å². The molecule has 0 spiro atoms. The molecule has 0 aliphatic carbocycles. The van der Waals surface area contributed by atoms with E-state index < -0.39 is 37.7 Å². The molecule has 0 fully saturated rings. The van der Waals surface area contributed by atoms with Crippen LogP contribution in [-0.4, -0.2) is 96.0 Å². The fourth-order valence-corrected chi connectivity index (χ4v) is 11.0. The number of anilines is 2. The molecule has 2 aromatic carbocycles. The molecular weight excluding hydrogens is 880 g/mol. The molecule has 8 rings (SSSR count). The highest BCUT2D eigenvalue weighted by molar-refractivity contribution is 7.89. The Morgan fingerprint density at radius 1 is 0.631 bits per heavy atom. The van der Waals surface area contributed by atoms with Gasteiger partial charge in [-0.2, -0.15) is 8.61 Å². The molecule has 0 saturated heterocycles. The predicted octanol–water partition coefficient (Wildman–Crippen LogP) is 6.32. The first-order valence-electron chi connectivity index (χ1n) is 20.7. The fourth-order valence-electron chi connectivity index (χ4n) is 7.36. The zero-order valence-electron chi connectivity index (χ0n) is 37.2. The van der Waals surface area contributed by atoms with Crippen LogP contribution in [0, 0.1) is 5.82 Å². The Labute approximate surface area is 376 Å². The van der Waals surface area contributed by atoms with Gasteiger partial charge < -0.3 is 24.5 Å². The van der Waals surface area contributed by atoms with Gasteiger partial charge in [0.25, 0.3) is 11.8 Å². The topological polar surface area (TPSA) is 229 Å². The minimum Gasteiger partial charge on any atom is -0.496 e. The van der Waals surface area contributed by atoms with E-state index in [1.165, 1.54) is 21.8 Å². The number of fused-ring (bicyclic) bond motifs is 2. The van der Waals surface area contributed by atoms with Crippen molar-refractivity contribution in [3.8, 4) is 28.8 Å². The molecule has 19 nitrogen and oxygen atoms in total. The van der Waals surface area contributed by atoms with Crippen LogP contribution < -0.4 is 15.4 Å². The molecule has 2 aliphatic rings. The van der Waals surface area contributed by atoms with Gasteiger partial charge in [0.1, 0.15) is 47.2 Å². The third-order valence-corrected chi connectivity index (χ3v) is 14.9. The van der Waals surface area contributed by atoms with Gasteiger partial charge in [-0.15, -0.1) is 20.4 Å². The van der Waals surface area contributed by atoms with Crippen LogP contribution in [0.15, 0.2) is 83.1 Å². The first-order chi connectivity index (χ1) is 30.7. The number of ether oxygens (including phenoxy) is 1. The molecule has 342 valence electrons. The Hall–Kier alpha value is -6.49. The summed E-state index contributed by atoms with van der Waals surface area (Å²) in [6.07, 6.45) is 3.22.